The molecule has 4 nitrogen and oxygen atoms in total. The number of nitrogens with zero attached hydrogens (tertiary/aromatic N) is 1. The molecule has 0 spiro atoms. The molecule has 0 saturated carbocycles. The Bertz CT molecular complexity index is 502. The van der Waals surface area contributed by atoms with E-state index in [1.807, 2.05) is 6.20 Å². The number of rotatable bonds is 5. The predicted molar refractivity (Wildman–Crippen MR) is 72.5 cm³/mol. The molecular weight excluding hydrogens is 246 g/mol. The van der Waals surface area contributed by atoms with Crippen molar-refractivity contribution in [3.05, 3.63) is 29.3 Å². The lowest BCUT2D eigenvalue weighted by Gasteiger charge is -2.38. The van der Waals surface area contributed by atoms with Gasteiger partial charge >= 0.3 is 0 Å². The van der Waals surface area contributed by atoms with Crippen molar-refractivity contribution in [2.45, 2.75) is 13.5 Å². The van der Waals surface area contributed by atoms with Gasteiger partial charge in [0.25, 0.3) is 0 Å². The van der Waals surface area contributed by atoms with Gasteiger partial charge in [0.2, 0.25) is 0 Å². The van der Waals surface area contributed by atoms with E-state index in [4.69, 9.17) is 4.74 Å². The summed E-state index contributed by atoms with van der Waals surface area (Å²) in [5.74, 6) is 0. The summed E-state index contributed by atoms with van der Waals surface area (Å²) < 4.78 is 5.25. The van der Waals surface area contributed by atoms with Crippen LogP contribution in [0.2, 0.25) is 0 Å². The van der Waals surface area contributed by atoms with Gasteiger partial charge in [-0.15, -0.1) is 11.3 Å². The fourth-order valence-electron chi connectivity index (χ4n) is 2.13. The van der Waals surface area contributed by atoms with Gasteiger partial charge in [-0.25, -0.2) is 0 Å². The van der Waals surface area contributed by atoms with Gasteiger partial charge in [0, 0.05) is 24.1 Å². The molecule has 0 amide bonds. The molecule has 2 aromatic rings. The minimum atomic E-state index is 0.312. The van der Waals surface area contributed by atoms with Crippen LogP contribution in [0.4, 0.5) is 0 Å². The van der Waals surface area contributed by atoms with Crippen LogP contribution in [0.15, 0.2) is 23.7 Å². The first-order chi connectivity index (χ1) is 8.77. The third-order valence-electron chi connectivity index (χ3n) is 3.25. The Morgan fingerprint density at radius 3 is 3.11 bits per heavy atom. The maximum Gasteiger partial charge on any atom is 0.0794 e. The summed E-state index contributed by atoms with van der Waals surface area (Å²) in [6.07, 6.45) is 1.90. The highest BCUT2D eigenvalue weighted by Gasteiger charge is 2.32. The fourth-order valence-corrected chi connectivity index (χ4v) is 2.89. The number of nitrogens with one attached hydrogen (secondary N) is 2. The lowest BCUT2D eigenvalue weighted by molar-refractivity contribution is -0.0991. The first kappa shape index (κ1) is 11.9. The quantitative estimate of drug-likeness (QED) is 0.870. The van der Waals surface area contributed by atoms with E-state index in [1.54, 1.807) is 11.3 Å². The van der Waals surface area contributed by atoms with E-state index in [-0.39, 0.29) is 0 Å². The van der Waals surface area contributed by atoms with E-state index >= 15 is 0 Å². The second-order valence-corrected chi connectivity index (χ2v) is 6.10. The third-order valence-corrected chi connectivity index (χ3v) is 4.14. The average Bonchev–Trinajstić information content (AvgIpc) is 2.96. The summed E-state index contributed by atoms with van der Waals surface area (Å²) in [5, 5.41) is 12.8. The highest BCUT2D eigenvalue weighted by molar-refractivity contribution is 7.13. The number of ether oxygens (including phenoxy) is 1. The van der Waals surface area contributed by atoms with E-state index in [0.717, 1.165) is 32.0 Å². The van der Waals surface area contributed by atoms with E-state index < -0.39 is 0 Å². The summed E-state index contributed by atoms with van der Waals surface area (Å²) in [7, 11) is 0. The van der Waals surface area contributed by atoms with Crippen LogP contribution in [-0.2, 0) is 11.3 Å². The number of hydrogen-bond donors (Lipinski definition) is 2. The third kappa shape index (κ3) is 2.34. The number of H-pyrrole nitrogens is 1. The fraction of sp³-hybridized carbons (Fsp3) is 0.462. The van der Waals surface area contributed by atoms with Gasteiger partial charge in [0.1, 0.15) is 0 Å². The molecule has 1 saturated heterocycles. The summed E-state index contributed by atoms with van der Waals surface area (Å²) in [4.78, 5) is 1.24. The Balaban J connectivity index is 1.61. The minimum absolute atomic E-state index is 0.312. The van der Waals surface area contributed by atoms with Gasteiger partial charge in [-0.2, -0.15) is 5.10 Å². The highest BCUT2D eigenvalue weighted by Crippen LogP contribution is 2.27. The summed E-state index contributed by atoms with van der Waals surface area (Å²) >= 11 is 1.73. The second-order valence-electron chi connectivity index (χ2n) is 5.15. The number of aromatic amines is 1. The zero-order valence-corrected chi connectivity index (χ0v) is 11.2. The van der Waals surface area contributed by atoms with Crippen LogP contribution in [0, 0.1) is 5.41 Å². The first-order valence-electron chi connectivity index (χ1n) is 6.11. The molecule has 3 rings (SSSR count). The van der Waals surface area contributed by atoms with Gasteiger partial charge in [0.05, 0.1) is 30.0 Å². The van der Waals surface area contributed by atoms with E-state index in [1.165, 1.54) is 10.4 Å². The maximum absolute atomic E-state index is 5.25. The lowest BCUT2D eigenvalue weighted by Crippen LogP contribution is -2.47. The van der Waals surface area contributed by atoms with Crippen molar-refractivity contribution in [1.29, 1.82) is 0 Å². The minimum Gasteiger partial charge on any atom is -0.380 e. The van der Waals surface area contributed by atoms with Gasteiger partial charge in [-0.05, 0) is 11.4 Å². The predicted octanol–water partition coefficient (Wildman–Crippen LogP) is 2.26. The molecule has 0 aliphatic carbocycles. The van der Waals surface area contributed by atoms with Crippen molar-refractivity contribution in [2.75, 3.05) is 19.8 Å². The summed E-state index contributed by atoms with van der Waals surface area (Å²) in [6, 6.07) is 4.17. The van der Waals surface area contributed by atoms with Crippen LogP contribution < -0.4 is 5.32 Å². The smallest absolute Gasteiger partial charge is 0.0794 e. The first-order valence-corrected chi connectivity index (χ1v) is 6.99. The number of hydrogen-bond acceptors (Lipinski definition) is 4. The van der Waals surface area contributed by atoms with Gasteiger partial charge in [-0.3, -0.25) is 5.10 Å². The molecule has 1 fully saturated rings. The monoisotopic (exact) mass is 263 g/mol. The van der Waals surface area contributed by atoms with Gasteiger partial charge in [0.15, 0.2) is 0 Å². The maximum atomic E-state index is 5.25. The van der Waals surface area contributed by atoms with E-state index in [2.05, 4.69) is 40.0 Å². The molecule has 0 atom stereocenters. The Morgan fingerprint density at radius 1 is 1.56 bits per heavy atom. The Hall–Kier alpha value is -1.17. The molecule has 2 aromatic heterocycles. The van der Waals surface area contributed by atoms with Crippen LogP contribution in [0.1, 0.15) is 12.5 Å². The lowest BCUT2D eigenvalue weighted by atomic mass is 9.89. The SMILES string of the molecule is CC1(CNCc2cn[nH]c2-c2cccs2)COC1. The van der Waals surface area contributed by atoms with Crippen molar-refractivity contribution in [3.63, 3.8) is 0 Å². The molecular formula is C13H17N3OS. The van der Waals surface area contributed by atoms with Crippen molar-refractivity contribution in [2.24, 2.45) is 5.41 Å². The Kier molecular flexibility index (Phi) is 3.20. The van der Waals surface area contributed by atoms with E-state index in [9.17, 15) is 0 Å². The number of aromatic nitrogens is 2. The van der Waals surface area contributed by atoms with Crippen LogP contribution >= 0.6 is 11.3 Å². The normalized spacial score (nSPS) is 17.6. The van der Waals surface area contributed by atoms with Crippen LogP contribution in [0.3, 0.4) is 0 Å². The zero-order chi connectivity index (χ0) is 12.4. The topological polar surface area (TPSA) is 49.9 Å². The van der Waals surface area contributed by atoms with Crippen LogP contribution in [-0.4, -0.2) is 30.0 Å². The second kappa shape index (κ2) is 4.84. The average molecular weight is 263 g/mol. The highest BCUT2D eigenvalue weighted by atomic mass is 32.1. The van der Waals surface area contributed by atoms with Crippen LogP contribution in [0.25, 0.3) is 10.6 Å². The molecule has 5 heteroatoms. The molecule has 3 heterocycles. The molecule has 0 unspecified atom stereocenters. The Morgan fingerprint density at radius 2 is 2.44 bits per heavy atom. The Labute approximate surface area is 110 Å². The molecule has 96 valence electrons. The standard InChI is InChI=1S/C13H17N3OS/c1-13(8-17-9-13)7-14-5-10-6-15-16-12(10)11-3-2-4-18-11/h2-4,6,14H,5,7-9H2,1H3,(H,15,16). The zero-order valence-electron chi connectivity index (χ0n) is 10.4. The molecule has 0 aromatic carbocycles. The van der Waals surface area contributed by atoms with Crippen LogP contribution in [0.5, 0.6) is 0 Å². The van der Waals surface area contributed by atoms with Crippen molar-refractivity contribution in [1.82, 2.24) is 15.5 Å². The van der Waals surface area contributed by atoms with Crippen molar-refractivity contribution in [3.8, 4) is 10.6 Å². The largest absolute Gasteiger partial charge is 0.380 e. The van der Waals surface area contributed by atoms with E-state index in [0.29, 0.717) is 5.41 Å². The molecule has 1 aliphatic rings. The molecule has 18 heavy (non-hydrogen) atoms. The summed E-state index contributed by atoms with van der Waals surface area (Å²) in [6.45, 7) is 5.81. The van der Waals surface area contributed by atoms with Crippen molar-refractivity contribution >= 4 is 11.3 Å². The number of thiophene rings is 1. The summed E-state index contributed by atoms with van der Waals surface area (Å²) in [5.41, 5.74) is 2.67. The molecule has 2 N–H and O–H groups in total. The van der Waals surface area contributed by atoms with Gasteiger partial charge < -0.3 is 10.1 Å². The van der Waals surface area contributed by atoms with Gasteiger partial charge in [-0.1, -0.05) is 13.0 Å². The molecule has 0 bridgehead atoms. The molecule has 1 aliphatic heterocycles. The van der Waals surface area contributed by atoms with Crippen molar-refractivity contribution < 1.29 is 4.74 Å². The molecule has 0 radical (unpaired) electrons.